The SMILES string of the molecule is CC(=O)N(CC(=O)NCc1cccc(Cl)c1F)C(C)C. The smallest absolute Gasteiger partial charge is 0.239 e. The van der Waals surface area contributed by atoms with Crippen LogP contribution in [-0.2, 0) is 16.1 Å². The molecule has 0 heterocycles. The van der Waals surface area contributed by atoms with Crippen molar-refractivity contribution in [2.45, 2.75) is 33.4 Å². The maximum absolute atomic E-state index is 13.6. The predicted molar refractivity (Wildman–Crippen MR) is 75.8 cm³/mol. The molecule has 0 saturated heterocycles. The molecule has 0 radical (unpaired) electrons. The number of nitrogens with one attached hydrogen (secondary N) is 1. The first-order valence-electron chi connectivity index (χ1n) is 6.29. The van der Waals surface area contributed by atoms with Gasteiger partial charge in [-0.15, -0.1) is 0 Å². The van der Waals surface area contributed by atoms with E-state index in [1.807, 2.05) is 13.8 Å². The number of nitrogens with zero attached hydrogens (tertiary/aromatic N) is 1. The van der Waals surface area contributed by atoms with Gasteiger partial charge in [0.2, 0.25) is 11.8 Å². The minimum absolute atomic E-state index is 0.0179. The van der Waals surface area contributed by atoms with Crippen LogP contribution in [0, 0.1) is 5.82 Å². The summed E-state index contributed by atoms with van der Waals surface area (Å²) in [5.74, 6) is -1.06. The Kier molecular flexibility index (Phi) is 5.95. The first-order chi connectivity index (χ1) is 9.32. The number of carbonyl (C=O) groups excluding carboxylic acids is 2. The fourth-order valence-electron chi connectivity index (χ4n) is 1.75. The highest BCUT2D eigenvalue weighted by Crippen LogP contribution is 2.17. The molecule has 0 unspecified atom stereocenters. The summed E-state index contributed by atoms with van der Waals surface area (Å²) in [6.45, 7) is 5.05. The van der Waals surface area contributed by atoms with Crippen molar-refractivity contribution in [3.05, 3.63) is 34.6 Å². The lowest BCUT2D eigenvalue weighted by Crippen LogP contribution is -2.43. The molecular formula is C14H18ClFN2O2. The third-order valence-electron chi connectivity index (χ3n) is 2.85. The van der Waals surface area contributed by atoms with Crippen LogP contribution in [0.15, 0.2) is 18.2 Å². The van der Waals surface area contributed by atoms with E-state index >= 15 is 0 Å². The van der Waals surface area contributed by atoms with E-state index < -0.39 is 5.82 Å². The summed E-state index contributed by atoms with van der Waals surface area (Å²) in [6, 6.07) is 4.54. The van der Waals surface area contributed by atoms with Crippen LogP contribution in [0.3, 0.4) is 0 Å². The second-order valence-electron chi connectivity index (χ2n) is 4.73. The van der Waals surface area contributed by atoms with Crippen LogP contribution >= 0.6 is 11.6 Å². The van der Waals surface area contributed by atoms with Crippen molar-refractivity contribution in [2.24, 2.45) is 0 Å². The normalized spacial score (nSPS) is 10.5. The minimum Gasteiger partial charge on any atom is -0.350 e. The van der Waals surface area contributed by atoms with E-state index in [9.17, 15) is 14.0 Å². The van der Waals surface area contributed by atoms with Crippen LogP contribution in [0.25, 0.3) is 0 Å². The third kappa shape index (κ3) is 4.49. The van der Waals surface area contributed by atoms with Gasteiger partial charge in [-0.2, -0.15) is 0 Å². The fraction of sp³-hybridized carbons (Fsp3) is 0.429. The maximum Gasteiger partial charge on any atom is 0.239 e. The summed E-state index contributed by atoms with van der Waals surface area (Å²) in [4.78, 5) is 24.6. The molecule has 1 aromatic carbocycles. The molecule has 0 aliphatic carbocycles. The third-order valence-corrected chi connectivity index (χ3v) is 3.14. The van der Waals surface area contributed by atoms with Crippen molar-refractivity contribution >= 4 is 23.4 Å². The van der Waals surface area contributed by atoms with Gasteiger partial charge >= 0.3 is 0 Å². The number of carbonyl (C=O) groups is 2. The van der Waals surface area contributed by atoms with Gasteiger partial charge < -0.3 is 10.2 Å². The summed E-state index contributed by atoms with van der Waals surface area (Å²) in [5.41, 5.74) is 0.310. The first kappa shape index (κ1) is 16.4. The predicted octanol–water partition coefficient (Wildman–Crippen LogP) is 2.35. The van der Waals surface area contributed by atoms with E-state index in [4.69, 9.17) is 11.6 Å². The number of hydrogen-bond acceptors (Lipinski definition) is 2. The van der Waals surface area contributed by atoms with E-state index in [-0.39, 0.29) is 36.0 Å². The zero-order valence-corrected chi connectivity index (χ0v) is 12.5. The lowest BCUT2D eigenvalue weighted by atomic mass is 10.2. The average molecular weight is 301 g/mol. The Balaban J connectivity index is 2.59. The highest BCUT2D eigenvalue weighted by molar-refractivity contribution is 6.30. The lowest BCUT2D eigenvalue weighted by Gasteiger charge is -2.24. The van der Waals surface area contributed by atoms with E-state index in [1.54, 1.807) is 12.1 Å². The van der Waals surface area contributed by atoms with Gasteiger partial charge in [0.1, 0.15) is 5.82 Å². The zero-order valence-electron chi connectivity index (χ0n) is 11.7. The summed E-state index contributed by atoms with van der Waals surface area (Å²) in [5, 5.41) is 2.59. The molecule has 0 spiro atoms. The molecule has 0 aliphatic heterocycles. The Hall–Kier alpha value is -1.62. The molecule has 0 aromatic heterocycles. The molecule has 1 aromatic rings. The topological polar surface area (TPSA) is 49.4 Å². The second-order valence-corrected chi connectivity index (χ2v) is 5.14. The summed E-state index contributed by atoms with van der Waals surface area (Å²) in [6.07, 6.45) is 0. The van der Waals surface area contributed by atoms with E-state index in [2.05, 4.69) is 5.32 Å². The van der Waals surface area contributed by atoms with Gasteiger partial charge in [-0.1, -0.05) is 23.7 Å². The molecule has 0 saturated carbocycles. The first-order valence-corrected chi connectivity index (χ1v) is 6.67. The van der Waals surface area contributed by atoms with Crippen molar-refractivity contribution in [2.75, 3.05) is 6.54 Å². The van der Waals surface area contributed by atoms with Gasteiger partial charge in [-0.3, -0.25) is 9.59 Å². The Labute approximate surface area is 122 Å². The number of benzene rings is 1. The Morgan fingerprint density at radius 3 is 2.60 bits per heavy atom. The molecule has 6 heteroatoms. The van der Waals surface area contributed by atoms with Crippen LogP contribution in [0.1, 0.15) is 26.3 Å². The number of amides is 2. The van der Waals surface area contributed by atoms with Crippen molar-refractivity contribution in [3.63, 3.8) is 0 Å². The Morgan fingerprint density at radius 1 is 1.40 bits per heavy atom. The molecule has 2 amide bonds. The van der Waals surface area contributed by atoms with Crippen LogP contribution in [-0.4, -0.2) is 29.3 Å². The molecule has 4 nitrogen and oxygen atoms in total. The Morgan fingerprint density at radius 2 is 2.05 bits per heavy atom. The number of rotatable bonds is 5. The van der Waals surface area contributed by atoms with Gasteiger partial charge in [0.05, 0.1) is 11.6 Å². The van der Waals surface area contributed by atoms with Gasteiger partial charge in [0, 0.05) is 25.1 Å². The van der Waals surface area contributed by atoms with Gasteiger partial charge in [-0.25, -0.2) is 4.39 Å². The molecule has 1 rings (SSSR count). The van der Waals surface area contributed by atoms with Crippen molar-refractivity contribution in [1.82, 2.24) is 10.2 Å². The summed E-state index contributed by atoms with van der Waals surface area (Å²) < 4.78 is 13.6. The standard InChI is InChI=1S/C14H18ClFN2O2/c1-9(2)18(10(3)19)8-13(20)17-7-11-5-4-6-12(15)14(11)16/h4-6,9H,7-8H2,1-3H3,(H,17,20). The van der Waals surface area contributed by atoms with E-state index in [0.717, 1.165) is 0 Å². The molecule has 0 fully saturated rings. The quantitative estimate of drug-likeness (QED) is 0.907. The van der Waals surface area contributed by atoms with E-state index in [1.165, 1.54) is 17.9 Å². The highest BCUT2D eigenvalue weighted by Gasteiger charge is 2.16. The highest BCUT2D eigenvalue weighted by atomic mass is 35.5. The molecule has 0 bridgehead atoms. The molecule has 0 aliphatic rings. The second kappa shape index (κ2) is 7.24. The van der Waals surface area contributed by atoms with Gasteiger partial charge in [-0.05, 0) is 19.9 Å². The van der Waals surface area contributed by atoms with Crippen LogP contribution in [0.5, 0.6) is 0 Å². The fourth-order valence-corrected chi connectivity index (χ4v) is 1.94. The zero-order chi connectivity index (χ0) is 15.3. The monoisotopic (exact) mass is 300 g/mol. The van der Waals surface area contributed by atoms with Crippen LogP contribution in [0.2, 0.25) is 5.02 Å². The van der Waals surface area contributed by atoms with E-state index in [0.29, 0.717) is 5.56 Å². The molecule has 0 atom stereocenters. The van der Waals surface area contributed by atoms with Crippen LogP contribution < -0.4 is 5.32 Å². The van der Waals surface area contributed by atoms with Gasteiger partial charge in [0.15, 0.2) is 0 Å². The molecular weight excluding hydrogens is 283 g/mol. The average Bonchev–Trinajstić information content (AvgIpc) is 2.37. The number of halogens is 2. The lowest BCUT2D eigenvalue weighted by molar-refractivity contribution is -0.136. The minimum atomic E-state index is -0.540. The van der Waals surface area contributed by atoms with Crippen molar-refractivity contribution in [3.8, 4) is 0 Å². The Bertz CT molecular complexity index is 506. The summed E-state index contributed by atoms with van der Waals surface area (Å²) in [7, 11) is 0. The van der Waals surface area contributed by atoms with Crippen molar-refractivity contribution < 1.29 is 14.0 Å². The molecule has 1 N–H and O–H groups in total. The maximum atomic E-state index is 13.6. The summed E-state index contributed by atoms with van der Waals surface area (Å²) >= 11 is 5.66. The number of hydrogen-bond donors (Lipinski definition) is 1. The molecule has 20 heavy (non-hydrogen) atoms. The van der Waals surface area contributed by atoms with Crippen LogP contribution in [0.4, 0.5) is 4.39 Å². The van der Waals surface area contributed by atoms with Gasteiger partial charge in [0.25, 0.3) is 0 Å². The molecule has 110 valence electrons. The van der Waals surface area contributed by atoms with Crippen molar-refractivity contribution in [1.29, 1.82) is 0 Å². The largest absolute Gasteiger partial charge is 0.350 e.